The van der Waals surface area contributed by atoms with E-state index in [2.05, 4.69) is 25.4 Å². The van der Waals surface area contributed by atoms with E-state index < -0.39 is 12.6 Å². The van der Waals surface area contributed by atoms with Crippen molar-refractivity contribution in [2.75, 3.05) is 7.11 Å². The predicted octanol–water partition coefficient (Wildman–Crippen LogP) is 3.62. The van der Waals surface area contributed by atoms with E-state index in [0.29, 0.717) is 5.56 Å². The maximum atomic E-state index is 12.2. The number of hydrogen-bond acceptors (Lipinski definition) is 3. The van der Waals surface area contributed by atoms with Crippen molar-refractivity contribution in [2.24, 2.45) is 0 Å². The third-order valence-electron chi connectivity index (χ3n) is 1.89. The highest BCUT2D eigenvalue weighted by atomic mass is 79.9. The van der Waals surface area contributed by atoms with Crippen LogP contribution in [0.3, 0.4) is 0 Å². The largest absolute Gasteiger partial charge is 0.465 e. The molecule has 0 radical (unpaired) electrons. The summed E-state index contributed by atoms with van der Waals surface area (Å²) in [4.78, 5) is 11.3. The number of benzene rings is 1. The van der Waals surface area contributed by atoms with E-state index in [1.54, 1.807) is 0 Å². The minimum Gasteiger partial charge on any atom is -0.465 e. The zero-order chi connectivity index (χ0) is 13.0. The Labute approximate surface area is 110 Å². The summed E-state index contributed by atoms with van der Waals surface area (Å²) in [5.74, 6) is -0.746. The predicted molar refractivity (Wildman–Crippen MR) is 62.1 cm³/mol. The summed E-state index contributed by atoms with van der Waals surface area (Å²) in [5, 5.41) is 0.155. The van der Waals surface area contributed by atoms with Gasteiger partial charge in [-0.2, -0.15) is 8.78 Å². The van der Waals surface area contributed by atoms with Crippen LogP contribution >= 0.6 is 27.5 Å². The van der Waals surface area contributed by atoms with Crippen LogP contribution < -0.4 is 4.74 Å². The normalized spacial score (nSPS) is 10.5. The van der Waals surface area contributed by atoms with Crippen LogP contribution in [0.1, 0.15) is 15.9 Å². The topological polar surface area (TPSA) is 35.5 Å². The van der Waals surface area contributed by atoms with Crippen LogP contribution in [-0.2, 0) is 10.1 Å². The number of ether oxygens (including phenoxy) is 2. The van der Waals surface area contributed by atoms with E-state index >= 15 is 0 Å². The molecule has 0 amide bonds. The Morgan fingerprint density at radius 3 is 2.65 bits per heavy atom. The number of hydrogen-bond donors (Lipinski definition) is 0. The van der Waals surface area contributed by atoms with Gasteiger partial charge in [-0.25, -0.2) is 4.79 Å². The molecule has 1 aromatic carbocycles. The average molecular weight is 330 g/mol. The summed E-state index contributed by atoms with van der Waals surface area (Å²) < 4.78 is 33.1. The Morgan fingerprint density at radius 1 is 1.53 bits per heavy atom. The molecule has 0 fully saturated rings. The third-order valence-corrected chi connectivity index (χ3v) is 2.78. The van der Waals surface area contributed by atoms with Crippen LogP contribution in [0, 0.1) is 0 Å². The molecule has 0 bridgehead atoms. The maximum absolute atomic E-state index is 12.2. The van der Waals surface area contributed by atoms with Gasteiger partial charge in [0, 0.05) is 10.9 Å². The van der Waals surface area contributed by atoms with Crippen molar-refractivity contribution in [3.8, 4) is 5.75 Å². The van der Waals surface area contributed by atoms with Gasteiger partial charge in [-0.15, -0.1) is 0 Å². The number of esters is 1. The van der Waals surface area contributed by atoms with Crippen LogP contribution in [0.4, 0.5) is 8.78 Å². The fourth-order valence-electron chi connectivity index (χ4n) is 1.21. The quantitative estimate of drug-likeness (QED) is 0.625. The summed E-state index contributed by atoms with van der Waals surface area (Å²) in [6.45, 7) is -2.98. The van der Waals surface area contributed by atoms with E-state index in [-0.39, 0.29) is 21.7 Å². The van der Waals surface area contributed by atoms with Gasteiger partial charge in [0.05, 0.1) is 17.7 Å². The van der Waals surface area contributed by atoms with Gasteiger partial charge in [0.15, 0.2) is 0 Å². The number of alkyl halides is 3. The molecule has 0 aliphatic rings. The number of halogens is 4. The fraction of sp³-hybridized carbons (Fsp3) is 0.300. The molecule has 0 saturated heterocycles. The lowest BCUT2D eigenvalue weighted by Gasteiger charge is -2.12. The monoisotopic (exact) mass is 328 g/mol. The van der Waals surface area contributed by atoms with E-state index in [1.165, 1.54) is 19.2 Å². The molecule has 0 aliphatic carbocycles. The van der Waals surface area contributed by atoms with Gasteiger partial charge in [0.2, 0.25) is 0 Å². The first-order valence-corrected chi connectivity index (χ1v) is 5.91. The van der Waals surface area contributed by atoms with Crippen molar-refractivity contribution in [2.45, 2.75) is 11.9 Å². The summed E-state index contributed by atoms with van der Waals surface area (Å²) in [7, 11) is 1.22. The average Bonchev–Trinajstić information content (AvgIpc) is 2.29. The van der Waals surface area contributed by atoms with Gasteiger partial charge < -0.3 is 9.47 Å². The van der Waals surface area contributed by atoms with Gasteiger partial charge in [-0.3, -0.25) is 0 Å². The van der Waals surface area contributed by atoms with Crippen molar-refractivity contribution < 1.29 is 23.0 Å². The van der Waals surface area contributed by atoms with Gasteiger partial charge in [-0.1, -0.05) is 27.5 Å². The van der Waals surface area contributed by atoms with Crippen LogP contribution in [0.15, 0.2) is 12.1 Å². The summed E-state index contributed by atoms with van der Waals surface area (Å²) in [6, 6.07) is 2.60. The second kappa shape index (κ2) is 6.16. The van der Waals surface area contributed by atoms with Crippen molar-refractivity contribution in [3.63, 3.8) is 0 Å². The lowest BCUT2D eigenvalue weighted by molar-refractivity contribution is -0.0502. The molecule has 0 atom stereocenters. The Kier molecular flexibility index (Phi) is 5.14. The fourth-order valence-corrected chi connectivity index (χ4v) is 1.91. The molecule has 1 aromatic rings. The molecule has 3 nitrogen and oxygen atoms in total. The Hall–Kier alpha value is -0.880. The highest BCUT2D eigenvalue weighted by molar-refractivity contribution is 9.08. The summed E-state index contributed by atoms with van der Waals surface area (Å²) in [6.07, 6.45) is 0. The lowest BCUT2D eigenvalue weighted by Crippen LogP contribution is -2.07. The lowest BCUT2D eigenvalue weighted by atomic mass is 10.1. The zero-order valence-corrected chi connectivity index (χ0v) is 11.0. The highest BCUT2D eigenvalue weighted by Crippen LogP contribution is 2.33. The van der Waals surface area contributed by atoms with E-state index in [0.717, 1.165) is 0 Å². The molecule has 7 heteroatoms. The molecule has 17 heavy (non-hydrogen) atoms. The Bertz CT molecular complexity index is 426. The van der Waals surface area contributed by atoms with Crippen molar-refractivity contribution in [1.29, 1.82) is 0 Å². The highest BCUT2D eigenvalue weighted by Gasteiger charge is 2.17. The van der Waals surface area contributed by atoms with Crippen LogP contribution in [0.5, 0.6) is 5.75 Å². The molecule has 94 valence electrons. The molecule has 0 heterocycles. The van der Waals surface area contributed by atoms with Crippen LogP contribution in [0.25, 0.3) is 0 Å². The van der Waals surface area contributed by atoms with Gasteiger partial charge in [-0.05, 0) is 12.1 Å². The molecule has 0 unspecified atom stereocenters. The van der Waals surface area contributed by atoms with Gasteiger partial charge in [0.1, 0.15) is 5.75 Å². The third kappa shape index (κ3) is 3.54. The minimum absolute atomic E-state index is 0.0670. The first-order chi connectivity index (χ1) is 7.99. The van der Waals surface area contributed by atoms with Gasteiger partial charge in [0.25, 0.3) is 0 Å². The maximum Gasteiger partial charge on any atom is 0.387 e. The van der Waals surface area contributed by atoms with E-state index in [4.69, 9.17) is 11.6 Å². The Morgan fingerprint density at radius 2 is 2.18 bits per heavy atom. The molecule has 0 aliphatic heterocycles. The number of carbonyl (C=O) groups is 1. The van der Waals surface area contributed by atoms with Gasteiger partial charge >= 0.3 is 12.6 Å². The second-order valence-electron chi connectivity index (χ2n) is 2.95. The molecule has 1 rings (SSSR count). The van der Waals surface area contributed by atoms with Crippen molar-refractivity contribution >= 4 is 33.5 Å². The van der Waals surface area contributed by atoms with Crippen LogP contribution in [-0.4, -0.2) is 19.7 Å². The zero-order valence-electron chi connectivity index (χ0n) is 8.68. The summed E-state index contributed by atoms with van der Waals surface area (Å²) in [5.41, 5.74) is 0.520. The number of methoxy groups -OCH3 is 1. The number of carbonyl (C=O) groups excluding carboxylic acids is 1. The second-order valence-corrected chi connectivity index (χ2v) is 3.92. The Balaban J connectivity index is 3.20. The smallest absolute Gasteiger partial charge is 0.387 e. The standard InChI is InChI=1S/C10H8BrClF2O3/c1-16-9(15)5-2-6(4-11)8(7(12)3-5)17-10(13)14/h2-3,10H,4H2,1H3. The van der Waals surface area contributed by atoms with E-state index in [1.807, 2.05) is 0 Å². The van der Waals surface area contributed by atoms with Crippen LogP contribution in [0.2, 0.25) is 5.02 Å². The summed E-state index contributed by atoms with van der Waals surface area (Å²) >= 11 is 8.87. The van der Waals surface area contributed by atoms with E-state index in [9.17, 15) is 13.6 Å². The van der Waals surface area contributed by atoms with Crippen molar-refractivity contribution in [3.05, 3.63) is 28.3 Å². The SMILES string of the molecule is COC(=O)c1cc(Cl)c(OC(F)F)c(CBr)c1. The molecule has 0 spiro atoms. The van der Waals surface area contributed by atoms with Crippen molar-refractivity contribution in [1.82, 2.24) is 0 Å². The molecule has 0 aromatic heterocycles. The molecular weight excluding hydrogens is 321 g/mol. The molecular formula is C10H8BrClF2O3. The first-order valence-electron chi connectivity index (χ1n) is 4.41. The molecule has 0 saturated carbocycles. The number of rotatable bonds is 4. The minimum atomic E-state index is -2.98. The first kappa shape index (κ1) is 14.2. The molecule has 0 N–H and O–H groups in total.